The third kappa shape index (κ3) is 5.49. The molecule has 1 saturated heterocycles. The summed E-state index contributed by atoms with van der Waals surface area (Å²) in [5, 5.41) is 4.62. The van der Waals surface area contributed by atoms with Crippen molar-refractivity contribution in [3.05, 3.63) is 82.9 Å². The fourth-order valence-electron chi connectivity index (χ4n) is 4.64. The summed E-state index contributed by atoms with van der Waals surface area (Å²) >= 11 is 0. The maximum Gasteiger partial charge on any atom is 0.253 e. The van der Waals surface area contributed by atoms with Gasteiger partial charge < -0.3 is 9.64 Å². The highest BCUT2D eigenvalue weighted by Gasteiger charge is 2.26. The number of morpholine rings is 1. The van der Waals surface area contributed by atoms with Gasteiger partial charge in [0.1, 0.15) is 5.82 Å². The van der Waals surface area contributed by atoms with Gasteiger partial charge in [-0.3, -0.25) is 0 Å². The molecule has 1 aliphatic heterocycles. The van der Waals surface area contributed by atoms with Crippen molar-refractivity contribution >= 4 is 11.9 Å². The van der Waals surface area contributed by atoms with E-state index in [-0.39, 0.29) is 0 Å². The molecule has 1 aromatic carbocycles. The van der Waals surface area contributed by atoms with Crippen LogP contribution in [-0.4, -0.2) is 46.1 Å². The summed E-state index contributed by atoms with van der Waals surface area (Å²) in [4.78, 5) is 12.3. The SMILES string of the molecule is C=C(C)/C=C(\CC)C1=Cc2nc(-n3cc(-c4cccc(C)c4)cn3)nc(N3CCOCC3)c2C1.CC. The van der Waals surface area contributed by atoms with Crippen LogP contribution in [0.2, 0.25) is 0 Å². The van der Waals surface area contributed by atoms with E-state index in [4.69, 9.17) is 14.7 Å². The molecule has 36 heavy (non-hydrogen) atoms. The van der Waals surface area contributed by atoms with Gasteiger partial charge in [0.05, 0.1) is 25.1 Å². The summed E-state index contributed by atoms with van der Waals surface area (Å²) in [6.07, 6.45) is 10.1. The summed E-state index contributed by atoms with van der Waals surface area (Å²) in [5.41, 5.74) is 9.25. The van der Waals surface area contributed by atoms with E-state index in [1.807, 2.05) is 33.2 Å². The Hall–Kier alpha value is -3.51. The van der Waals surface area contributed by atoms with Crippen molar-refractivity contribution in [2.75, 3.05) is 31.2 Å². The fraction of sp³-hybridized carbons (Fsp3) is 0.367. The Bertz CT molecular complexity index is 1290. The molecule has 1 fully saturated rings. The Morgan fingerprint density at radius 1 is 1.14 bits per heavy atom. The highest BCUT2D eigenvalue weighted by Crippen LogP contribution is 2.36. The lowest BCUT2D eigenvalue weighted by atomic mass is 9.99. The minimum absolute atomic E-state index is 0.596. The van der Waals surface area contributed by atoms with Gasteiger partial charge in [0, 0.05) is 36.8 Å². The molecule has 1 aliphatic carbocycles. The maximum absolute atomic E-state index is 5.60. The molecule has 2 aliphatic rings. The van der Waals surface area contributed by atoms with Gasteiger partial charge in [-0.05, 0) is 43.1 Å². The third-order valence-electron chi connectivity index (χ3n) is 6.35. The molecule has 2 aromatic heterocycles. The topological polar surface area (TPSA) is 56.1 Å². The number of hydrogen-bond donors (Lipinski definition) is 0. The number of nitrogens with zero attached hydrogens (tertiary/aromatic N) is 5. The lowest BCUT2D eigenvalue weighted by Gasteiger charge is -2.29. The van der Waals surface area contributed by atoms with Crippen LogP contribution >= 0.6 is 0 Å². The molecular formula is C30H37N5O. The number of anilines is 1. The van der Waals surface area contributed by atoms with E-state index >= 15 is 0 Å². The van der Waals surface area contributed by atoms with Crippen LogP contribution < -0.4 is 4.90 Å². The first kappa shape index (κ1) is 25.6. The molecular weight excluding hydrogens is 446 g/mol. The predicted octanol–water partition coefficient (Wildman–Crippen LogP) is 6.35. The summed E-state index contributed by atoms with van der Waals surface area (Å²) < 4.78 is 7.39. The molecule has 0 amide bonds. The largest absolute Gasteiger partial charge is 0.378 e. The van der Waals surface area contributed by atoms with E-state index in [9.17, 15) is 0 Å². The molecule has 3 aromatic rings. The molecule has 6 heteroatoms. The van der Waals surface area contributed by atoms with E-state index in [1.165, 1.54) is 22.3 Å². The average molecular weight is 484 g/mol. The molecule has 0 spiro atoms. The van der Waals surface area contributed by atoms with Crippen molar-refractivity contribution in [3.8, 4) is 17.1 Å². The highest BCUT2D eigenvalue weighted by atomic mass is 16.5. The maximum atomic E-state index is 5.60. The van der Waals surface area contributed by atoms with Crippen LogP contribution in [0.4, 0.5) is 5.82 Å². The standard InChI is InChI=1S/C28H31N5O.C2H6/c1-5-21(13-19(2)3)23-15-25-26(16-23)30-28(31-27(25)32-9-11-34-12-10-32)33-18-24(17-29-33)22-8-6-7-20(4)14-22;1-2/h6-8,13-14,16-18H,2,5,9-12,15H2,1,3-4H3;1-2H3/b21-13+;. The van der Waals surface area contributed by atoms with Gasteiger partial charge >= 0.3 is 0 Å². The Kier molecular flexibility index (Phi) is 8.16. The highest BCUT2D eigenvalue weighted by molar-refractivity contribution is 5.72. The zero-order valence-electron chi connectivity index (χ0n) is 22.2. The van der Waals surface area contributed by atoms with Gasteiger partial charge in [-0.25, -0.2) is 9.67 Å². The van der Waals surface area contributed by atoms with Crippen LogP contribution in [0.5, 0.6) is 0 Å². The van der Waals surface area contributed by atoms with E-state index in [2.05, 4.69) is 66.8 Å². The first-order chi connectivity index (χ1) is 17.5. The molecule has 6 nitrogen and oxygen atoms in total. The Labute approximate surface area is 215 Å². The van der Waals surface area contributed by atoms with Crippen molar-refractivity contribution in [3.63, 3.8) is 0 Å². The summed E-state index contributed by atoms with van der Waals surface area (Å²) in [6.45, 7) is 17.5. The van der Waals surface area contributed by atoms with Crippen molar-refractivity contribution in [1.29, 1.82) is 0 Å². The van der Waals surface area contributed by atoms with E-state index < -0.39 is 0 Å². The number of fused-ring (bicyclic) bond motifs is 1. The monoisotopic (exact) mass is 483 g/mol. The molecule has 0 N–H and O–H groups in total. The van der Waals surface area contributed by atoms with E-state index in [0.29, 0.717) is 19.2 Å². The van der Waals surface area contributed by atoms with Crippen LogP contribution in [0.3, 0.4) is 0 Å². The summed E-state index contributed by atoms with van der Waals surface area (Å²) in [7, 11) is 0. The molecule has 0 radical (unpaired) electrons. The van der Waals surface area contributed by atoms with Crippen LogP contribution in [-0.2, 0) is 11.2 Å². The van der Waals surface area contributed by atoms with E-state index in [0.717, 1.165) is 54.1 Å². The second-order valence-corrected chi connectivity index (χ2v) is 9.07. The number of allylic oxidation sites excluding steroid dienone is 4. The quantitative estimate of drug-likeness (QED) is 0.382. The van der Waals surface area contributed by atoms with Crippen molar-refractivity contribution in [2.45, 2.75) is 47.5 Å². The number of aromatic nitrogens is 4. The molecule has 0 atom stereocenters. The summed E-state index contributed by atoms with van der Waals surface area (Å²) in [6, 6.07) is 8.44. The van der Waals surface area contributed by atoms with Gasteiger partial charge in [-0.1, -0.05) is 68.8 Å². The fourth-order valence-corrected chi connectivity index (χ4v) is 4.64. The first-order valence-electron chi connectivity index (χ1n) is 12.9. The minimum atomic E-state index is 0.596. The second kappa shape index (κ2) is 11.5. The number of benzene rings is 1. The average Bonchev–Trinajstić information content (AvgIpc) is 3.56. The smallest absolute Gasteiger partial charge is 0.253 e. The van der Waals surface area contributed by atoms with Crippen LogP contribution in [0.25, 0.3) is 23.2 Å². The van der Waals surface area contributed by atoms with Gasteiger partial charge in [-0.2, -0.15) is 10.1 Å². The molecule has 0 bridgehead atoms. The second-order valence-electron chi connectivity index (χ2n) is 9.07. The normalized spacial score (nSPS) is 15.2. The van der Waals surface area contributed by atoms with Gasteiger partial charge in [0.2, 0.25) is 0 Å². The Balaban J connectivity index is 0.00000148. The van der Waals surface area contributed by atoms with Crippen LogP contribution in [0.1, 0.15) is 50.9 Å². The number of aryl methyl sites for hydroxylation is 1. The van der Waals surface area contributed by atoms with Crippen molar-refractivity contribution in [2.24, 2.45) is 0 Å². The van der Waals surface area contributed by atoms with Gasteiger partial charge in [0.15, 0.2) is 0 Å². The lowest BCUT2D eigenvalue weighted by molar-refractivity contribution is 0.122. The molecule has 3 heterocycles. The van der Waals surface area contributed by atoms with Gasteiger partial charge in [0.25, 0.3) is 5.95 Å². The Morgan fingerprint density at radius 2 is 1.92 bits per heavy atom. The number of hydrogen-bond acceptors (Lipinski definition) is 5. The zero-order chi connectivity index (χ0) is 25.7. The predicted molar refractivity (Wildman–Crippen MR) is 149 cm³/mol. The lowest BCUT2D eigenvalue weighted by Crippen LogP contribution is -2.37. The van der Waals surface area contributed by atoms with Gasteiger partial charge in [-0.15, -0.1) is 0 Å². The minimum Gasteiger partial charge on any atom is -0.378 e. The number of rotatable bonds is 6. The van der Waals surface area contributed by atoms with Crippen molar-refractivity contribution < 1.29 is 4.74 Å². The zero-order valence-corrected chi connectivity index (χ0v) is 22.2. The first-order valence-corrected chi connectivity index (χ1v) is 12.9. The number of ether oxygens (including phenoxy) is 1. The Morgan fingerprint density at radius 3 is 2.61 bits per heavy atom. The van der Waals surface area contributed by atoms with Crippen LogP contribution in [0, 0.1) is 6.92 Å². The van der Waals surface area contributed by atoms with E-state index in [1.54, 1.807) is 4.68 Å². The third-order valence-corrected chi connectivity index (χ3v) is 6.35. The molecule has 5 rings (SSSR count). The van der Waals surface area contributed by atoms with Crippen LogP contribution in [0.15, 0.2) is 66.0 Å². The molecule has 0 unspecified atom stereocenters. The molecule has 0 saturated carbocycles. The molecule has 188 valence electrons. The van der Waals surface area contributed by atoms with Crippen molar-refractivity contribution in [1.82, 2.24) is 19.7 Å². The summed E-state index contributed by atoms with van der Waals surface area (Å²) in [5.74, 6) is 1.59.